The molecule has 19 heavy (non-hydrogen) atoms. The Morgan fingerprint density at radius 2 is 2.16 bits per heavy atom. The Hall–Kier alpha value is -1.39. The molecule has 0 aliphatic carbocycles. The summed E-state index contributed by atoms with van der Waals surface area (Å²) in [4.78, 5) is 13.4. The van der Waals surface area contributed by atoms with Crippen molar-refractivity contribution in [3.8, 4) is 0 Å². The summed E-state index contributed by atoms with van der Waals surface area (Å²) in [5.41, 5.74) is 1.19. The summed E-state index contributed by atoms with van der Waals surface area (Å²) < 4.78 is 0. The molecule has 2 unspecified atom stereocenters. The van der Waals surface area contributed by atoms with Crippen LogP contribution in [0.1, 0.15) is 37.3 Å². The third kappa shape index (κ3) is 3.14. The van der Waals surface area contributed by atoms with Gasteiger partial charge < -0.3 is 10.2 Å². The molecule has 1 aromatic rings. The highest BCUT2D eigenvalue weighted by molar-refractivity contribution is 5.77. The van der Waals surface area contributed by atoms with Gasteiger partial charge in [0, 0.05) is 19.6 Å². The number of carbonyl (C=O) groups is 1. The van der Waals surface area contributed by atoms with E-state index in [2.05, 4.69) is 0 Å². The average molecular weight is 263 g/mol. The summed E-state index contributed by atoms with van der Waals surface area (Å²) in [6.07, 6.45) is 0.656. The first-order valence-electron chi connectivity index (χ1n) is 6.68. The summed E-state index contributed by atoms with van der Waals surface area (Å²) in [5, 5.41) is 19.5. The molecule has 1 aromatic carbocycles. The molecule has 1 aliphatic rings. The Morgan fingerprint density at radius 1 is 1.47 bits per heavy atom. The van der Waals surface area contributed by atoms with E-state index >= 15 is 0 Å². The van der Waals surface area contributed by atoms with E-state index in [4.69, 9.17) is 0 Å². The van der Waals surface area contributed by atoms with Crippen LogP contribution >= 0.6 is 0 Å². The van der Waals surface area contributed by atoms with Gasteiger partial charge in [-0.2, -0.15) is 0 Å². The van der Waals surface area contributed by atoms with Gasteiger partial charge in [-0.3, -0.25) is 9.69 Å². The predicted octanol–water partition coefficient (Wildman–Crippen LogP) is 1.83. The molecular formula is C15H21NO3. The number of fused-ring (bicyclic) bond motifs is 1. The maximum absolute atomic E-state index is 11.4. The minimum Gasteiger partial charge on any atom is -0.481 e. The van der Waals surface area contributed by atoms with Crippen LogP contribution in [0.25, 0.3) is 0 Å². The summed E-state index contributed by atoms with van der Waals surface area (Å²) >= 11 is 0. The molecule has 0 fully saturated rings. The molecule has 0 radical (unpaired) electrons. The molecule has 0 amide bonds. The zero-order valence-corrected chi connectivity index (χ0v) is 11.5. The van der Waals surface area contributed by atoms with Gasteiger partial charge in [0.05, 0.1) is 11.5 Å². The van der Waals surface area contributed by atoms with Crippen LogP contribution in [0.5, 0.6) is 0 Å². The van der Waals surface area contributed by atoms with E-state index in [-0.39, 0.29) is 0 Å². The molecule has 104 valence electrons. The quantitative estimate of drug-likeness (QED) is 0.870. The van der Waals surface area contributed by atoms with Crippen molar-refractivity contribution in [1.29, 1.82) is 0 Å². The Morgan fingerprint density at radius 3 is 2.79 bits per heavy atom. The van der Waals surface area contributed by atoms with Crippen molar-refractivity contribution < 1.29 is 15.0 Å². The van der Waals surface area contributed by atoms with Crippen molar-refractivity contribution >= 4 is 5.97 Å². The summed E-state index contributed by atoms with van der Waals surface area (Å²) in [5.74, 6) is -1.30. The number of nitrogens with zero attached hydrogens (tertiary/aromatic N) is 1. The standard InChI is InChI=1S/C15H21NO3/c1-3-15(2,19)10-16-8-11-6-4-5-7-12(11)13(9-16)14(17)18/h4-7,13,19H,3,8-10H2,1-2H3,(H,17,18). The third-order valence-electron chi connectivity index (χ3n) is 3.89. The van der Waals surface area contributed by atoms with E-state index in [1.165, 1.54) is 0 Å². The van der Waals surface area contributed by atoms with Crippen LogP contribution in [0.15, 0.2) is 24.3 Å². The number of hydrogen-bond donors (Lipinski definition) is 2. The van der Waals surface area contributed by atoms with E-state index in [1.54, 1.807) is 6.92 Å². The lowest BCUT2D eigenvalue weighted by Crippen LogP contribution is -2.45. The summed E-state index contributed by atoms with van der Waals surface area (Å²) in [6.45, 7) is 5.40. The summed E-state index contributed by atoms with van der Waals surface area (Å²) in [7, 11) is 0. The van der Waals surface area contributed by atoms with Gasteiger partial charge in [0.2, 0.25) is 0 Å². The number of aliphatic carboxylic acids is 1. The Balaban J connectivity index is 2.23. The van der Waals surface area contributed by atoms with Crippen molar-refractivity contribution in [1.82, 2.24) is 4.90 Å². The van der Waals surface area contributed by atoms with E-state index in [0.717, 1.165) is 11.1 Å². The number of rotatable bonds is 4. The normalized spacial score (nSPS) is 22.6. The first-order valence-corrected chi connectivity index (χ1v) is 6.68. The SMILES string of the molecule is CCC(C)(O)CN1Cc2ccccc2C(C(=O)O)C1. The van der Waals surface area contributed by atoms with Crippen LogP contribution in [0.3, 0.4) is 0 Å². The molecule has 2 rings (SSSR count). The van der Waals surface area contributed by atoms with E-state index in [0.29, 0.717) is 26.1 Å². The molecule has 1 heterocycles. The highest BCUT2D eigenvalue weighted by Crippen LogP contribution is 2.29. The van der Waals surface area contributed by atoms with Crippen molar-refractivity contribution in [3.63, 3.8) is 0 Å². The smallest absolute Gasteiger partial charge is 0.312 e. The Bertz CT molecular complexity index is 470. The molecule has 1 aliphatic heterocycles. The van der Waals surface area contributed by atoms with Crippen molar-refractivity contribution in [2.45, 2.75) is 38.3 Å². The molecule has 0 aromatic heterocycles. The first kappa shape index (κ1) is 14.0. The van der Waals surface area contributed by atoms with Gasteiger partial charge in [-0.25, -0.2) is 0 Å². The largest absolute Gasteiger partial charge is 0.481 e. The average Bonchev–Trinajstić information content (AvgIpc) is 2.37. The highest BCUT2D eigenvalue weighted by atomic mass is 16.4. The van der Waals surface area contributed by atoms with Crippen molar-refractivity contribution in [2.24, 2.45) is 0 Å². The molecule has 4 heteroatoms. The lowest BCUT2D eigenvalue weighted by atomic mass is 9.89. The van der Waals surface area contributed by atoms with E-state index < -0.39 is 17.5 Å². The van der Waals surface area contributed by atoms with Gasteiger partial charge in [0.15, 0.2) is 0 Å². The third-order valence-corrected chi connectivity index (χ3v) is 3.89. The van der Waals surface area contributed by atoms with Crippen LogP contribution in [0.2, 0.25) is 0 Å². The first-order chi connectivity index (χ1) is 8.93. The lowest BCUT2D eigenvalue weighted by Gasteiger charge is -2.36. The van der Waals surface area contributed by atoms with E-state index in [9.17, 15) is 15.0 Å². The van der Waals surface area contributed by atoms with Gasteiger partial charge in [0.1, 0.15) is 0 Å². The van der Waals surface area contributed by atoms with Crippen LogP contribution in [-0.2, 0) is 11.3 Å². The number of hydrogen-bond acceptors (Lipinski definition) is 3. The number of benzene rings is 1. The van der Waals surface area contributed by atoms with Gasteiger partial charge in [-0.1, -0.05) is 31.2 Å². The van der Waals surface area contributed by atoms with Crippen LogP contribution in [0.4, 0.5) is 0 Å². The summed E-state index contributed by atoms with van der Waals surface area (Å²) in [6, 6.07) is 7.67. The zero-order valence-electron chi connectivity index (χ0n) is 11.5. The zero-order chi connectivity index (χ0) is 14.0. The molecule has 2 atom stereocenters. The van der Waals surface area contributed by atoms with Crippen LogP contribution in [0, 0.1) is 0 Å². The van der Waals surface area contributed by atoms with E-state index in [1.807, 2.05) is 36.1 Å². The fourth-order valence-electron chi connectivity index (χ4n) is 2.61. The molecule has 0 saturated heterocycles. The Labute approximate surface area is 113 Å². The number of β-amino-alcohol motifs (C(OH)–C–C–N with tert-alkyl or cyclic N) is 1. The molecule has 0 spiro atoms. The molecule has 0 bridgehead atoms. The predicted molar refractivity (Wildman–Crippen MR) is 73.0 cm³/mol. The fraction of sp³-hybridized carbons (Fsp3) is 0.533. The molecule has 2 N–H and O–H groups in total. The maximum atomic E-state index is 11.4. The van der Waals surface area contributed by atoms with Crippen LogP contribution < -0.4 is 0 Å². The molecular weight excluding hydrogens is 242 g/mol. The minimum atomic E-state index is -0.798. The second-order valence-electron chi connectivity index (χ2n) is 5.61. The monoisotopic (exact) mass is 263 g/mol. The van der Waals surface area contributed by atoms with Crippen LogP contribution in [-0.4, -0.2) is 39.8 Å². The van der Waals surface area contributed by atoms with Gasteiger partial charge in [-0.05, 0) is 24.5 Å². The topological polar surface area (TPSA) is 60.8 Å². The number of aliphatic hydroxyl groups is 1. The second kappa shape index (κ2) is 5.31. The van der Waals surface area contributed by atoms with Crippen molar-refractivity contribution in [3.05, 3.63) is 35.4 Å². The fourth-order valence-corrected chi connectivity index (χ4v) is 2.61. The molecule has 0 saturated carbocycles. The Kier molecular flexibility index (Phi) is 3.92. The van der Waals surface area contributed by atoms with Crippen molar-refractivity contribution in [2.75, 3.05) is 13.1 Å². The highest BCUT2D eigenvalue weighted by Gasteiger charge is 2.32. The number of carboxylic acid groups (broad SMARTS) is 1. The lowest BCUT2D eigenvalue weighted by molar-refractivity contribution is -0.140. The maximum Gasteiger partial charge on any atom is 0.312 e. The van der Waals surface area contributed by atoms with Gasteiger partial charge >= 0.3 is 5.97 Å². The number of carboxylic acids is 1. The minimum absolute atomic E-state index is 0.461. The molecule has 4 nitrogen and oxygen atoms in total. The van der Waals surface area contributed by atoms with Gasteiger partial charge in [-0.15, -0.1) is 0 Å². The second-order valence-corrected chi connectivity index (χ2v) is 5.61. The van der Waals surface area contributed by atoms with Gasteiger partial charge in [0.25, 0.3) is 0 Å².